The number of nitrogens with zero attached hydrogens (tertiary/aromatic N) is 3. The van der Waals surface area contributed by atoms with Crippen molar-refractivity contribution in [2.24, 2.45) is 0 Å². The van der Waals surface area contributed by atoms with E-state index in [2.05, 4.69) is 33.2 Å². The molecule has 1 atom stereocenters. The number of carbonyl (C=O) groups excluding carboxylic acids is 1. The van der Waals surface area contributed by atoms with Crippen molar-refractivity contribution in [3.63, 3.8) is 0 Å². The van der Waals surface area contributed by atoms with Gasteiger partial charge in [-0.3, -0.25) is 4.79 Å². The van der Waals surface area contributed by atoms with E-state index in [1.54, 1.807) is 0 Å². The molecule has 0 fully saturated rings. The minimum absolute atomic E-state index is 0.113. The highest BCUT2D eigenvalue weighted by Crippen LogP contribution is 2.34. The average molecular weight is 293 g/mol. The molecule has 0 aliphatic heterocycles. The van der Waals surface area contributed by atoms with Crippen molar-refractivity contribution >= 4 is 16.7 Å². The largest absolute Gasteiger partial charge is 0.323 e. The van der Waals surface area contributed by atoms with Gasteiger partial charge in [-0.05, 0) is 32.8 Å². The van der Waals surface area contributed by atoms with Gasteiger partial charge in [0.15, 0.2) is 5.78 Å². The minimum atomic E-state index is 0.113. The zero-order valence-corrected chi connectivity index (χ0v) is 12.9. The maximum atomic E-state index is 12.5. The molecule has 0 bridgehead atoms. The maximum Gasteiger partial charge on any atom is 0.165 e. The molecule has 2 aromatic heterocycles. The number of aromatic nitrogens is 3. The van der Waals surface area contributed by atoms with Crippen molar-refractivity contribution in [1.29, 1.82) is 0 Å². The lowest BCUT2D eigenvalue weighted by Gasteiger charge is -2.23. The van der Waals surface area contributed by atoms with Gasteiger partial charge in [-0.1, -0.05) is 18.2 Å². The second-order valence-electron chi connectivity index (χ2n) is 6.00. The van der Waals surface area contributed by atoms with E-state index in [0.717, 1.165) is 35.1 Å². The second kappa shape index (κ2) is 4.83. The number of imidazole rings is 1. The Bertz CT molecular complexity index is 872. The van der Waals surface area contributed by atoms with E-state index in [1.165, 1.54) is 5.69 Å². The number of hydrogen-bond donors (Lipinski definition) is 0. The van der Waals surface area contributed by atoms with E-state index in [4.69, 9.17) is 0 Å². The van der Waals surface area contributed by atoms with Crippen LogP contribution in [0.25, 0.3) is 10.9 Å². The van der Waals surface area contributed by atoms with E-state index >= 15 is 0 Å². The molecule has 0 radical (unpaired) electrons. The van der Waals surface area contributed by atoms with Gasteiger partial charge in [0.1, 0.15) is 12.0 Å². The first-order valence-corrected chi connectivity index (χ1v) is 7.83. The summed E-state index contributed by atoms with van der Waals surface area (Å²) in [6.07, 6.45) is 6.52. The zero-order valence-electron chi connectivity index (χ0n) is 12.9. The third kappa shape index (κ3) is 1.76. The number of carbonyl (C=O) groups is 1. The molecule has 4 nitrogen and oxygen atoms in total. The molecule has 0 saturated heterocycles. The van der Waals surface area contributed by atoms with E-state index in [9.17, 15) is 4.79 Å². The van der Waals surface area contributed by atoms with Crippen molar-refractivity contribution in [2.75, 3.05) is 0 Å². The van der Waals surface area contributed by atoms with E-state index in [0.29, 0.717) is 6.42 Å². The van der Waals surface area contributed by atoms with Gasteiger partial charge in [0.05, 0.1) is 5.52 Å². The minimum Gasteiger partial charge on any atom is -0.323 e. The molecule has 1 aromatic carbocycles. The fourth-order valence-corrected chi connectivity index (χ4v) is 3.75. The molecule has 2 heterocycles. The molecule has 0 saturated carbocycles. The summed E-state index contributed by atoms with van der Waals surface area (Å²) < 4.78 is 4.47. The molecule has 112 valence electrons. The summed E-state index contributed by atoms with van der Waals surface area (Å²) in [6.45, 7) is 4.18. The second-order valence-corrected chi connectivity index (χ2v) is 6.00. The Kier molecular flexibility index (Phi) is 2.93. The predicted octanol–water partition coefficient (Wildman–Crippen LogP) is 3.73. The number of benzene rings is 1. The summed E-state index contributed by atoms with van der Waals surface area (Å²) in [5.74, 6) is 1.27. The predicted molar refractivity (Wildman–Crippen MR) is 86.3 cm³/mol. The summed E-state index contributed by atoms with van der Waals surface area (Å²) in [4.78, 5) is 16.8. The van der Waals surface area contributed by atoms with Crippen LogP contribution >= 0.6 is 0 Å². The van der Waals surface area contributed by atoms with Crippen molar-refractivity contribution in [3.8, 4) is 0 Å². The highest BCUT2D eigenvalue weighted by Gasteiger charge is 2.27. The average Bonchev–Trinajstić information content (AvgIpc) is 3.08. The fraction of sp³-hybridized carbons (Fsp3) is 0.333. The molecule has 4 rings (SSSR count). The molecule has 0 N–H and O–H groups in total. The van der Waals surface area contributed by atoms with Crippen LogP contribution in [-0.4, -0.2) is 19.9 Å². The summed E-state index contributed by atoms with van der Waals surface area (Å²) in [5, 5.41) is 1.09. The highest BCUT2D eigenvalue weighted by atomic mass is 16.1. The molecule has 1 aliphatic carbocycles. The van der Waals surface area contributed by atoms with Gasteiger partial charge in [0, 0.05) is 35.5 Å². The fourth-order valence-electron chi connectivity index (χ4n) is 3.75. The number of Topliss-reactive ketones (excluding diaryl/α,β-unsaturated/α-hetero) is 1. The van der Waals surface area contributed by atoms with E-state index in [1.807, 2.05) is 31.5 Å². The zero-order chi connectivity index (χ0) is 15.3. The molecule has 0 spiro atoms. The SMILES string of the molecule is Cc1nccn1C(C)n1c2c(c3ccccc31)C(=O)CCC2. The number of fused-ring (bicyclic) bond motifs is 3. The summed E-state index contributed by atoms with van der Waals surface area (Å²) in [6, 6.07) is 8.25. The van der Waals surface area contributed by atoms with Crippen LogP contribution < -0.4 is 0 Å². The number of aryl methyl sites for hydroxylation is 1. The van der Waals surface area contributed by atoms with Crippen LogP contribution in [0.4, 0.5) is 0 Å². The molecule has 3 aromatic rings. The smallest absolute Gasteiger partial charge is 0.165 e. The van der Waals surface area contributed by atoms with E-state index in [-0.39, 0.29) is 11.9 Å². The number of ketones is 1. The highest BCUT2D eigenvalue weighted by molar-refractivity contribution is 6.10. The topological polar surface area (TPSA) is 39.8 Å². The van der Waals surface area contributed by atoms with Gasteiger partial charge in [-0.15, -0.1) is 0 Å². The Balaban J connectivity index is 2.02. The first-order valence-electron chi connectivity index (χ1n) is 7.83. The Morgan fingerprint density at radius 2 is 2.05 bits per heavy atom. The molecule has 1 unspecified atom stereocenters. The van der Waals surface area contributed by atoms with Crippen molar-refractivity contribution < 1.29 is 4.79 Å². The quantitative estimate of drug-likeness (QED) is 0.722. The number of hydrogen-bond acceptors (Lipinski definition) is 2. The Labute approximate surface area is 129 Å². The number of para-hydroxylation sites is 1. The lowest BCUT2D eigenvalue weighted by molar-refractivity contribution is 0.0973. The van der Waals surface area contributed by atoms with Gasteiger partial charge in [-0.25, -0.2) is 4.98 Å². The van der Waals surface area contributed by atoms with Gasteiger partial charge in [0.2, 0.25) is 0 Å². The van der Waals surface area contributed by atoms with Crippen molar-refractivity contribution in [1.82, 2.24) is 14.1 Å². The van der Waals surface area contributed by atoms with Crippen molar-refractivity contribution in [3.05, 3.63) is 53.7 Å². The van der Waals surface area contributed by atoms with Crippen LogP contribution in [-0.2, 0) is 6.42 Å². The summed E-state index contributed by atoms with van der Waals surface area (Å²) >= 11 is 0. The monoisotopic (exact) mass is 293 g/mol. The first kappa shape index (κ1) is 13.3. The Morgan fingerprint density at radius 3 is 2.82 bits per heavy atom. The van der Waals surface area contributed by atoms with Crippen LogP contribution in [0.15, 0.2) is 36.7 Å². The Morgan fingerprint density at radius 1 is 1.23 bits per heavy atom. The van der Waals surface area contributed by atoms with Crippen molar-refractivity contribution in [2.45, 2.75) is 39.3 Å². The maximum absolute atomic E-state index is 12.5. The Hall–Kier alpha value is -2.36. The van der Waals surface area contributed by atoms with Crippen LogP contribution in [0.5, 0.6) is 0 Å². The molecule has 0 amide bonds. The number of rotatable bonds is 2. The van der Waals surface area contributed by atoms with Crippen LogP contribution in [0, 0.1) is 6.92 Å². The molecule has 4 heteroatoms. The van der Waals surface area contributed by atoms with Crippen LogP contribution in [0.1, 0.15) is 47.8 Å². The van der Waals surface area contributed by atoms with Gasteiger partial charge in [-0.2, -0.15) is 0 Å². The molecular formula is C18H19N3O. The van der Waals surface area contributed by atoms with Crippen LogP contribution in [0.3, 0.4) is 0 Å². The van der Waals surface area contributed by atoms with E-state index < -0.39 is 0 Å². The third-order valence-corrected chi connectivity index (χ3v) is 4.75. The first-order chi connectivity index (χ1) is 10.7. The lowest BCUT2D eigenvalue weighted by atomic mass is 9.94. The lowest BCUT2D eigenvalue weighted by Crippen LogP contribution is -2.20. The van der Waals surface area contributed by atoms with Crippen LogP contribution in [0.2, 0.25) is 0 Å². The molecular weight excluding hydrogens is 274 g/mol. The summed E-state index contributed by atoms with van der Waals surface area (Å²) in [5.41, 5.74) is 3.26. The van der Waals surface area contributed by atoms with Gasteiger partial charge in [0.25, 0.3) is 0 Å². The standard InChI is InChI=1S/C18H19N3O/c1-12-19-10-11-20(12)13(2)21-15-7-4-3-6-14(15)18-16(21)8-5-9-17(18)22/h3-4,6-7,10-11,13H,5,8-9H2,1-2H3. The van der Waals surface area contributed by atoms with Gasteiger partial charge < -0.3 is 9.13 Å². The molecule has 22 heavy (non-hydrogen) atoms. The van der Waals surface area contributed by atoms with Gasteiger partial charge >= 0.3 is 0 Å². The normalized spacial score (nSPS) is 16.0. The third-order valence-electron chi connectivity index (χ3n) is 4.75. The molecule has 1 aliphatic rings. The summed E-state index contributed by atoms with van der Waals surface area (Å²) in [7, 11) is 0.